The summed E-state index contributed by atoms with van der Waals surface area (Å²) in [5.74, 6) is 0.479. The van der Waals surface area contributed by atoms with E-state index in [9.17, 15) is 14.7 Å². The number of fused-ring (bicyclic) bond motifs is 4. The van der Waals surface area contributed by atoms with Crippen molar-refractivity contribution in [1.29, 1.82) is 0 Å². The van der Waals surface area contributed by atoms with Crippen molar-refractivity contribution >= 4 is 23.0 Å². The molecule has 3 aliphatic heterocycles. The number of nitrogens with zero attached hydrogens (tertiary/aromatic N) is 2. The molecule has 0 spiro atoms. The van der Waals surface area contributed by atoms with Crippen LogP contribution in [0, 0.1) is 17.3 Å². The Bertz CT molecular complexity index is 1110. The van der Waals surface area contributed by atoms with Crippen molar-refractivity contribution in [2.75, 3.05) is 20.2 Å². The third-order valence-electron chi connectivity index (χ3n) is 7.40. The van der Waals surface area contributed by atoms with Gasteiger partial charge in [0.15, 0.2) is 0 Å². The maximum Gasteiger partial charge on any atom is 0.408 e. The molecule has 0 aliphatic carbocycles. The topological polar surface area (TPSA) is 101 Å². The number of hydrogen-bond acceptors (Lipinski definition) is 6. The van der Waals surface area contributed by atoms with Crippen molar-refractivity contribution in [2.24, 2.45) is 17.3 Å². The lowest BCUT2D eigenvalue weighted by Crippen LogP contribution is -2.56. The van der Waals surface area contributed by atoms with Gasteiger partial charge in [-0.1, -0.05) is 26.8 Å². The maximum atomic E-state index is 13.1. The number of ether oxygens (including phenoxy) is 2. The third-order valence-corrected chi connectivity index (χ3v) is 7.40. The normalized spacial score (nSPS) is 25.5. The second-order valence-corrected chi connectivity index (χ2v) is 10.6. The average molecular weight is 482 g/mol. The van der Waals surface area contributed by atoms with Crippen molar-refractivity contribution in [3.8, 4) is 5.75 Å². The Labute approximate surface area is 206 Å². The molecule has 2 bridgehead atoms. The molecule has 3 saturated heterocycles. The van der Waals surface area contributed by atoms with Gasteiger partial charge in [0.1, 0.15) is 17.9 Å². The molecule has 1 amide bonds. The second kappa shape index (κ2) is 9.85. The quantitative estimate of drug-likeness (QED) is 0.565. The van der Waals surface area contributed by atoms with Crippen LogP contribution in [0.4, 0.5) is 4.79 Å². The summed E-state index contributed by atoms with van der Waals surface area (Å²) in [4.78, 5) is 31.8. The van der Waals surface area contributed by atoms with E-state index in [-0.39, 0.29) is 6.04 Å². The van der Waals surface area contributed by atoms with Crippen LogP contribution in [0.2, 0.25) is 0 Å². The van der Waals surface area contributed by atoms with Crippen LogP contribution in [-0.4, -0.2) is 59.3 Å². The summed E-state index contributed by atoms with van der Waals surface area (Å²) >= 11 is 0. The van der Waals surface area contributed by atoms with Gasteiger partial charge in [0.05, 0.1) is 18.7 Å². The van der Waals surface area contributed by atoms with E-state index in [2.05, 4.69) is 21.8 Å². The molecule has 3 fully saturated rings. The van der Waals surface area contributed by atoms with Crippen LogP contribution < -0.4 is 10.1 Å². The van der Waals surface area contributed by atoms with Crippen LogP contribution in [0.3, 0.4) is 0 Å². The number of nitrogens with one attached hydrogen (secondary N) is 1. The maximum absolute atomic E-state index is 13.1. The van der Waals surface area contributed by atoms with Crippen molar-refractivity contribution in [3.05, 3.63) is 48.7 Å². The number of carboxylic acids is 1. The van der Waals surface area contributed by atoms with Gasteiger partial charge in [-0.2, -0.15) is 0 Å². The minimum absolute atomic E-state index is 0.0367. The zero-order valence-corrected chi connectivity index (χ0v) is 20.9. The molecule has 2 N–H and O–H groups in total. The van der Waals surface area contributed by atoms with Crippen LogP contribution in [0.5, 0.6) is 5.75 Å². The number of alkyl carbamates (subject to hydrolysis) is 1. The first-order valence-electron chi connectivity index (χ1n) is 12.1. The predicted molar refractivity (Wildman–Crippen MR) is 133 cm³/mol. The zero-order chi connectivity index (χ0) is 25.3. The van der Waals surface area contributed by atoms with Crippen molar-refractivity contribution in [2.45, 2.75) is 51.8 Å². The Hall–Kier alpha value is -3.13. The van der Waals surface area contributed by atoms with E-state index in [0.717, 1.165) is 42.4 Å². The zero-order valence-electron chi connectivity index (χ0n) is 20.9. The number of amides is 1. The largest absolute Gasteiger partial charge is 0.497 e. The van der Waals surface area contributed by atoms with Gasteiger partial charge in [-0.25, -0.2) is 9.59 Å². The molecule has 2 aromatic rings. The van der Waals surface area contributed by atoms with Crippen molar-refractivity contribution in [1.82, 2.24) is 15.2 Å². The molecule has 188 valence electrons. The predicted octanol–water partition coefficient (Wildman–Crippen LogP) is 4.41. The summed E-state index contributed by atoms with van der Waals surface area (Å²) in [6.45, 7) is 11.1. The fraction of sp³-hybridized carbons (Fsp3) is 0.519. The van der Waals surface area contributed by atoms with Gasteiger partial charge < -0.3 is 19.9 Å². The number of aromatic nitrogens is 1. The van der Waals surface area contributed by atoms with Gasteiger partial charge in [0.25, 0.3) is 0 Å². The van der Waals surface area contributed by atoms with E-state index < -0.39 is 29.6 Å². The molecular formula is C27H35N3O5. The highest BCUT2D eigenvalue weighted by atomic mass is 16.6. The van der Waals surface area contributed by atoms with Crippen LogP contribution in [0.25, 0.3) is 10.9 Å². The Morgan fingerprint density at radius 3 is 2.69 bits per heavy atom. The van der Waals surface area contributed by atoms with E-state index in [1.807, 2.05) is 30.3 Å². The number of carbonyl (C=O) groups is 2. The van der Waals surface area contributed by atoms with Gasteiger partial charge in [-0.15, -0.1) is 6.58 Å². The first kappa shape index (κ1) is 25.0. The van der Waals surface area contributed by atoms with Gasteiger partial charge in [0, 0.05) is 23.7 Å². The molecule has 8 nitrogen and oxygen atoms in total. The highest BCUT2D eigenvalue weighted by molar-refractivity contribution is 5.85. The second-order valence-electron chi connectivity index (χ2n) is 10.6. The van der Waals surface area contributed by atoms with Gasteiger partial charge in [-0.3, -0.25) is 9.88 Å². The Balaban J connectivity index is 1.72. The first-order chi connectivity index (χ1) is 16.6. The molecule has 5 rings (SSSR count). The summed E-state index contributed by atoms with van der Waals surface area (Å²) in [6.07, 6.45) is 4.36. The minimum atomic E-state index is -1.10. The summed E-state index contributed by atoms with van der Waals surface area (Å²) < 4.78 is 11.5. The Kier molecular flexibility index (Phi) is 7.03. The van der Waals surface area contributed by atoms with Crippen LogP contribution in [0.1, 0.15) is 45.3 Å². The fourth-order valence-electron chi connectivity index (χ4n) is 5.48. The Morgan fingerprint density at radius 2 is 2.09 bits per heavy atom. The number of hydrogen-bond donors (Lipinski definition) is 2. The Morgan fingerprint density at radius 1 is 1.31 bits per heavy atom. The van der Waals surface area contributed by atoms with Crippen LogP contribution >= 0.6 is 0 Å². The molecule has 0 saturated carbocycles. The molecule has 4 heterocycles. The number of carboxylic acid groups (broad SMARTS) is 1. The van der Waals surface area contributed by atoms with Crippen LogP contribution in [0.15, 0.2) is 43.1 Å². The number of carbonyl (C=O) groups excluding carboxylic acids is 1. The van der Waals surface area contributed by atoms with E-state index in [1.165, 1.54) is 0 Å². The summed E-state index contributed by atoms with van der Waals surface area (Å²) in [7, 11) is 1.61. The van der Waals surface area contributed by atoms with E-state index in [4.69, 9.17) is 9.47 Å². The highest BCUT2D eigenvalue weighted by Gasteiger charge is 2.45. The van der Waals surface area contributed by atoms with E-state index in [1.54, 1.807) is 34.1 Å². The van der Waals surface area contributed by atoms with Gasteiger partial charge in [-0.05, 0) is 60.9 Å². The molecule has 3 aliphatic rings. The standard InChI is InChI=1S/C27H35N3O5/c1-6-16-15-30-12-10-17(16)13-22(30)23(35-26(33)29-24(25(31)32)27(2,3)4)19-9-11-28-21-8-7-18(34-5)14-20(19)21/h6-9,11,14,16-17,22-24H,1,10,12-13,15H2,2-5H3,(H,29,33)(H,31,32)/t16-,17+,22+,23-,24?/m1/s1. The molecule has 35 heavy (non-hydrogen) atoms. The molecule has 1 aromatic heterocycles. The monoisotopic (exact) mass is 481 g/mol. The number of pyridine rings is 1. The average Bonchev–Trinajstić information content (AvgIpc) is 2.84. The summed E-state index contributed by atoms with van der Waals surface area (Å²) in [5.41, 5.74) is 0.927. The minimum Gasteiger partial charge on any atom is -0.497 e. The lowest BCUT2D eigenvalue weighted by molar-refractivity contribution is -0.142. The number of rotatable bonds is 7. The van der Waals surface area contributed by atoms with Gasteiger partial charge in [0.2, 0.25) is 0 Å². The first-order valence-corrected chi connectivity index (χ1v) is 12.1. The van der Waals surface area contributed by atoms with E-state index in [0.29, 0.717) is 17.6 Å². The molecular weight excluding hydrogens is 446 g/mol. The molecule has 1 aromatic carbocycles. The smallest absolute Gasteiger partial charge is 0.408 e. The van der Waals surface area contributed by atoms with Crippen molar-refractivity contribution in [3.63, 3.8) is 0 Å². The lowest BCUT2D eigenvalue weighted by Gasteiger charge is -2.51. The lowest BCUT2D eigenvalue weighted by atomic mass is 9.73. The SMILES string of the molecule is C=C[C@@H]1CN2CC[C@H]1C[C@H]2[C@H](OC(=O)NC(C(=O)O)C(C)(C)C)c1ccnc2ccc(OC)cc12. The van der Waals surface area contributed by atoms with Crippen LogP contribution in [-0.2, 0) is 9.53 Å². The molecule has 0 radical (unpaired) electrons. The molecule has 8 heteroatoms. The highest BCUT2D eigenvalue weighted by Crippen LogP contribution is 2.43. The third kappa shape index (κ3) is 5.12. The number of aliphatic carboxylic acids is 1. The number of piperidine rings is 3. The fourth-order valence-corrected chi connectivity index (χ4v) is 5.48. The summed E-state index contributed by atoms with van der Waals surface area (Å²) in [6, 6.07) is 6.40. The number of methoxy groups -OCH3 is 1. The molecule has 2 unspecified atom stereocenters. The van der Waals surface area contributed by atoms with Gasteiger partial charge >= 0.3 is 12.1 Å². The van der Waals surface area contributed by atoms with Crippen molar-refractivity contribution < 1.29 is 24.2 Å². The molecule has 6 atom stereocenters. The summed E-state index contributed by atoms with van der Waals surface area (Å²) in [5, 5.41) is 13.1. The van der Waals surface area contributed by atoms with E-state index >= 15 is 0 Å². The number of benzene rings is 1.